The van der Waals surface area contributed by atoms with Crippen molar-refractivity contribution < 1.29 is 5.11 Å². The molecule has 0 aliphatic heterocycles. The average Bonchev–Trinajstić information content (AvgIpc) is 2.82. The van der Waals surface area contributed by atoms with Crippen LogP contribution in [0.15, 0.2) is 0 Å². The molecule has 0 amide bonds. The van der Waals surface area contributed by atoms with Crippen LogP contribution in [-0.2, 0) is 0 Å². The Morgan fingerprint density at radius 3 is 2.47 bits per heavy atom. The lowest BCUT2D eigenvalue weighted by Gasteiger charge is -2.30. The van der Waals surface area contributed by atoms with Crippen LogP contribution in [0.3, 0.4) is 0 Å². The Balaban J connectivity index is 1.90. The van der Waals surface area contributed by atoms with Crippen LogP contribution in [0.4, 0.5) is 0 Å². The van der Waals surface area contributed by atoms with Gasteiger partial charge >= 0.3 is 0 Å². The first-order valence-corrected chi connectivity index (χ1v) is 8.03. The molecule has 0 aromatic carbocycles. The van der Waals surface area contributed by atoms with E-state index in [1.54, 1.807) is 0 Å². The number of hydrogen-bond donors (Lipinski definition) is 2. The summed E-state index contributed by atoms with van der Waals surface area (Å²) in [4.78, 5) is 0. The Kier molecular flexibility index (Phi) is 4.03. The summed E-state index contributed by atoms with van der Waals surface area (Å²) in [6, 6.07) is 0.490. The van der Waals surface area contributed by atoms with Crippen LogP contribution in [0.5, 0.6) is 0 Å². The number of aromatic amines is 1. The SMILES string of the molecule is OC1CCCCC1c1n[nH]c(=S)n1C1CCCCC1. The van der Waals surface area contributed by atoms with Gasteiger partial charge in [-0.2, -0.15) is 5.10 Å². The molecule has 106 valence electrons. The lowest BCUT2D eigenvalue weighted by molar-refractivity contribution is 0.0992. The topological polar surface area (TPSA) is 53.8 Å². The molecular formula is C14H23N3OS. The van der Waals surface area contributed by atoms with Gasteiger partial charge < -0.3 is 9.67 Å². The number of rotatable bonds is 2. The van der Waals surface area contributed by atoms with E-state index in [-0.39, 0.29) is 12.0 Å². The van der Waals surface area contributed by atoms with Crippen molar-refractivity contribution in [2.75, 3.05) is 0 Å². The van der Waals surface area contributed by atoms with Crippen molar-refractivity contribution >= 4 is 12.2 Å². The van der Waals surface area contributed by atoms with Gasteiger partial charge in [0.05, 0.1) is 6.10 Å². The summed E-state index contributed by atoms with van der Waals surface area (Å²) in [5, 5.41) is 17.7. The van der Waals surface area contributed by atoms with Crippen molar-refractivity contribution in [1.82, 2.24) is 14.8 Å². The zero-order valence-corrected chi connectivity index (χ0v) is 12.2. The molecule has 4 nitrogen and oxygen atoms in total. The van der Waals surface area contributed by atoms with Gasteiger partial charge in [-0.1, -0.05) is 32.1 Å². The van der Waals surface area contributed by atoms with Gasteiger partial charge in [0.1, 0.15) is 5.82 Å². The molecule has 1 aromatic rings. The minimum atomic E-state index is -0.249. The molecule has 3 rings (SSSR count). The molecule has 2 saturated carbocycles. The van der Waals surface area contributed by atoms with Gasteiger partial charge in [0.2, 0.25) is 0 Å². The van der Waals surface area contributed by atoms with Crippen LogP contribution in [0.25, 0.3) is 0 Å². The van der Waals surface area contributed by atoms with Gasteiger partial charge in [-0.25, -0.2) is 0 Å². The molecule has 2 unspecified atom stereocenters. The van der Waals surface area contributed by atoms with E-state index < -0.39 is 0 Å². The van der Waals surface area contributed by atoms with Crippen LogP contribution in [-0.4, -0.2) is 26.0 Å². The zero-order chi connectivity index (χ0) is 13.2. The van der Waals surface area contributed by atoms with Gasteiger partial charge in [0.25, 0.3) is 0 Å². The van der Waals surface area contributed by atoms with Crippen molar-refractivity contribution in [1.29, 1.82) is 0 Å². The van der Waals surface area contributed by atoms with Crippen molar-refractivity contribution in [2.24, 2.45) is 0 Å². The Morgan fingerprint density at radius 2 is 1.74 bits per heavy atom. The molecule has 2 aliphatic carbocycles. The van der Waals surface area contributed by atoms with Crippen molar-refractivity contribution in [3.63, 3.8) is 0 Å². The van der Waals surface area contributed by atoms with E-state index in [1.807, 2.05) is 0 Å². The third-order valence-corrected chi connectivity index (χ3v) is 5.02. The predicted molar refractivity (Wildman–Crippen MR) is 76.7 cm³/mol. The fourth-order valence-corrected chi connectivity index (χ4v) is 3.97. The molecule has 2 atom stereocenters. The van der Waals surface area contributed by atoms with Gasteiger partial charge in [0, 0.05) is 12.0 Å². The number of aromatic nitrogens is 3. The van der Waals surface area contributed by atoms with Gasteiger partial charge in [-0.15, -0.1) is 0 Å². The molecule has 2 fully saturated rings. The summed E-state index contributed by atoms with van der Waals surface area (Å²) in [6.07, 6.45) is 10.3. The summed E-state index contributed by atoms with van der Waals surface area (Å²) in [5.74, 6) is 1.17. The summed E-state index contributed by atoms with van der Waals surface area (Å²) in [6.45, 7) is 0. The molecule has 0 saturated heterocycles. The zero-order valence-electron chi connectivity index (χ0n) is 11.3. The number of nitrogens with one attached hydrogen (secondary N) is 1. The van der Waals surface area contributed by atoms with Crippen molar-refractivity contribution in [3.8, 4) is 0 Å². The Bertz CT molecular complexity index is 475. The van der Waals surface area contributed by atoms with E-state index in [1.165, 1.54) is 38.5 Å². The highest BCUT2D eigenvalue weighted by Crippen LogP contribution is 2.36. The van der Waals surface area contributed by atoms with E-state index in [0.29, 0.717) is 6.04 Å². The third kappa shape index (κ3) is 2.63. The molecule has 5 heteroatoms. The Morgan fingerprint density at radius 1 is 1.05 bits per heavy atom. The van der Waals surface area contributed by atoms with E-state index in [9.17, 15) is 5.11 Å². The van der Waals surface area contributed by atoms with E-state index in [2.05, 4.69) is 14.8 Å². The molecule has 2 N–H and O–H groups in total. The largest absolute Gasteiger partial charge is 0.392 e. The smallest absolute Gasteiger partial charge is 0.195 e. The maximum absolute atomic E-state index is 10.3. The van der Waals surface area contributed by atoms with Crippen LogP contribution in [0, 0.1) is 4.77 Å². The minimum Gasteiger partial charge on any atom is -0.392 e. The first-order valence-electron chi connectivity index (χ1n) is 7.62. The third-order valence-electron chi connectivity index (χ3n) is 4.73. The second-order valence-corrected chi connectivity index (χ2v) is 6.39. The summed E-state index contributed by atoms with van der Waals surface area (Å²) in [7, 11) is 0. The summed E-state index contributed by atoms with van der Waals surface area (Å²) in [5.41, 5.74) is 0. The molecular weight excluding hydrogens is 258 g/mol. The molecule has 2 aliphatic rings. The molecule has 0 spiro atoms. The highest BCUT2D eigenvalue weighted by atomic mass is 32.1. The Hall–Kier alpha value is -0.680. The predicted octanol–water partition coefficient (Wildman–Crippen LogP) is 3.46. The summed E-state index contributed by atoms with van der Waals surface area (Å²) < 4.78 is 2.95. The molecule has 0 radical (unpaired) electrons. The molecule has 19 heavy (non-hydrogen) atoms. The van der Waals surface area contributed by atoms with E-state index in [4.69, 9.17) is 12.2 Å². The number of aliphatic hydroxyl groups is 1. The Labute approximate surface area is 119 Å². The van der Waals surface area contributed by atoms with Crippen molar-refractivity contribution in [2.45, 2.75) is 75.9 Å². The van der Waals surface area contributed by atoms with Gasteiger partial charge in [0.15, 0.2) is 4.77 Å². The quantitative estimate of drug-likeness (QED) is 0.816. The maximum atomic E-state index is 10.3. The number of nitrogens with zero attached hydrogens (tertiary/aromatic N) is 2. The fraction of sp³-hybridized carbons (Fsp3) is 0.857. The molecule has 0 bridgehead atoms. The van der Waals surface area contributed by atoms with E-state index >= 15 is 0 Å². The van der Waals surface area contributed by atoms with Crippen LogP contribution in [0.1, 0.15) is 75.6 Å². The lowest BCUT2D eigenvalue weighted by Crippen LogP contribution is -2.27. The average molecular weight is 281 g/mol. The molecule has 1 aromatic heterocycles. The molecule has 1 heterocycles. The highest BCUT2D eigenvalue weighted by molar-refractivity contribution is 7.71. The lowest BCUT2D eigenvalue weighted by atomic mass is 9.85. The maximum Gasteiger partial charge on any atom is 0.195 e. The summed E-state index contributed by atoms with van der Waals surface area (Å²) >= 11 is 5.42. The van der Waals surface area contributed by atoms with Crippen LogP contribution in [0.2, 0.25) is 0 Å². The van der Waals surface area contributed by atoms with E-state index in [0.717, 1.165) is 29.9 Å². The normalized spacial score (nSPS) is 29.5. The van der Waals surface area contributed by atoms with Gasteiger partial charge in [-0.05, 0) is 37.9 Å². The van der Waals surface area contributed by atoms with Gasteiger partial charge in [-0.3, -0.25) is 5.10 Å². The monoisotopic (exact) mass is 281 g/mol. The number of aliphatic hydroxyl groups excluding tert-OH is 1. The second kappa shape index (κ2) is 5.75. The first kappa shape index (κ1) is 13.3. The van der Waals surface area contributed by atoms with Crippen LogP contribution >= 0.6 is 12.2 Å². The number of hydrogen-bond acceptors (Lipinski definition) is 3. The van der Waals surface area contributed by atoms with Crippen molar-refractivity contribution in [3.05, 3.63) is 10.6 Å². The first-order chi connectivity index (χ1) is 9.27. The number of H-pyrrole nitrogens is 1. The standard InChI is InChI=1S/C14H23N3OS/c18-12-9-5-4-8-11(12)13-15-16-14(19)17(13)10-6-2-1-3-7-10/h10-12,18H,1-9H2,(H,16,19). The van der Waals surface area contributed by atoms with Crippen LogP contribution < -0.4 is 0 Å². The second-order valence-electron chi connectivity index (χ2n) is 6.01. The minimum absolute atomic E-state index is 0.170. The highest BCUT2D eigenvalue weighted by Gasteiger charge is 2.31. The fourth-order valence-electron chi connectivity index (χ4n) is 3.68.